The number of rotatable bonds is 9. The third kappa shape index (κ3) is 4.61. The molecule has 3 rings (SSSR count). The van der Waals surface area contributed by atoms with E-state index in [0.29, 0.717) is 13.2 Å². The molecule has 0 saturated carbocycles. The van der Waals surface area contributed by atoms with Crippen LogP contribution in [-0.4, -0.2) is 42.9 Å². The third-order valence-corrected chi connectivity index (χ3v) is 4.35. The van der Waals surface area contributed by atoms with Crippen molar-refractivity contribution in [2.45, 2.75) is 19.5 Å². The lowest BCUT2D eigenvalue weighted by Gasteiger charge is -2.16. The Balaban J connectivity index is 1.77. The molecule has 1 heterocycles. The van der Waals surface area contributed by atoms with Gasteiger partial charge in [0.2, 0.25) is 5.91 Å². The van der Waals surface area contributed by atoms with Gasteiger partial charge >= 0.3 is 0 Å². The molecule has 1 aromatic heterocycles. The molecule has 1 amide bonds. The SMILES string of the molecule is COCC(=O)NC(C)c1nc2ccccc2n1CCOc1cccc(OC)c1. The largest absolute Gasteiger partial charge is 0.497 e. The number of ether oxygens (including phenoxy) is 3. The van der Waals surface area contributed by atoms with Crippen LogP contribution in [0.15, 0.2) is 48.5 Å². The van der Waals surface area contributed by atoms with Crippen molar-refractivity contribution in [3.63, 3.8) is 0 Å². The average molecular weight is 383 g/mol. The number of amides is 1. The number of benzene rings is 2. The molecule has 0 aliphatic carbocycles. The van der Waals surface area contributed by atoms with Crippen LogP contribution in [0, 0.1) is 0 Å². The number of carbonyl (C=O) groups excluding carboxylic acids is 1. The number of imidazole rings is 1. The molecule has 0 aliphatic rings. The van der Waals surface area contributed by atoms with E-state index in [1.807, 2.05) is 55.5 Å². The first kappa shape index (κ1) is 19.7. The standard InChI is InChI=1S/C21H25N3O4/c1-15(22-20(25)14-26-2)21-23-18-9-4-5-10-19(18)24(21)11-12-28-17-8-6-7-16(13-17)27-3/h4-10,13,15H,11-12,14H2,1-3H3,(H,22,25). The first-order valence-corrected chi connectivity index (χ1v) is 9.12. The van der Waals surface area contributed by atoms with Crippen LogP contribution in [0.2, 0.25) is 0 Å². The normalized spacial score (nSPS) is 12.0. The van der Waals surface area contributed by atoms with Crippen molar-refractivity contribution in [3.05, 3.63) is 54.4 Å². The first-order chi connectivity index (χ1) is 13.6. The summed E-state index contributed by atoms with van der Waals surface area (Å²) in [6.45, 7) is 2.98. The number of methoxy groups -OCH3 is 2. The van der Waals surface area contributed by atoms with Gasteiger partial charge in [0.1, 0.15) is 30.5 Å². The number of nitrogens with zero attached hydrogens (tertiary/aromatic N) is 2. The van der Waals surface area contributed by atoms with Crippen molar-refractivity contribution in [3.8, 4) is 11.5 Å². The Labute approximate surface area is 164 Å². The topological polar surface area (TPSA) is 74.6 Å². The van der Waals surface area contributed by atoms with E-state index in [-0.39, 0.29) is 18.6 Å². The highest BCUT2D eigenvalue weighted by Gasteiger charge is 2.18. The molecule has 0 aliphatic heterocycles. The minimum Gasteiger partial charge on any atom is -0.497 e. The quantitative estimate of drug-likeness (QED) is 0.615. The Morgan fingerprint density at radius 2 is 1.93 bits per heavy atom. The molecule has 3 aromatic rings. The summed E-state index contributed by atoms with van der Waals surface area (Å²) in [5, 5.41) is 2.92. The Morgan fingerprint density at radius 3 is 2.71 bits per heavy atom. The predicted octanol–water partition coefficient (Wildman–Crippen LogP) is 2.95. The van der Waals surface area contributed by atoms with E-state index in [2.05, 4.69) is 9.88 Å². The second-order valence-electron chi connectivity index (χ2n) is 6.36. The van der Waals surface area contributed by atoms with Crippen LogP contribution in [0.1, 0.15) is 18.8 Å². The lowest BCUT2D eigenvalue weighted by atomic mass is 10.3. The molecule has 0 saturated heterocycles. The molecule has 1 atom stereocenters. The van der Waals surface area contributed by atoms with Crippen LogP contribution in [-0.2, 0) is 16.1 Å². The number of aromatic nitrogens is 2. The van der Waals surface area contributed by atoms with E-state index >= 15 is 0 Å². The Bertz CT molecular complexity index is 938. The molecule has 28 heavy (non-hydrogen) atoms. The highest BCUT2D eigenvalue weighted by Crippen LogP contribution is 2.22. The lowest BCUT2D eigenvalue weighted by molar-refractivity contribution is -0.125. The molecule has 2 aromatic carbocycles. The highest BCUT2D eigenvalue weighted by atomic mass is 16.5. The van der Waals surface area contributed by atoms with Crippen LogP contribution < -0.4 is 14.8 Å². The summed E-state index contributed by atoms with van der Waals surface area (Å²) in [5.74, 6) is 2.09. The van der Waals surface area contributed by atoms with Gasteiger partial charge in [-0.3, -0.25) is 4.79 Å². The molecule has 0 spiro atoms. The number of carbonyl (C=O) groups is 1. The van der Waals surface area contributed by atoms with Crippen molar-refractivity contribution < 1.29 is 19.0 Å². The Kier molecular flexibility index (Phi) is 6.49. The molecule has 7 heteroatoms. The molecule has 0 radical (unpaired) electrons. The minimum atomic E-state index is -0.258. The Hall–Kier alpha value is -3.06. The van der Waals surface area contributed by atoms with Gasteiger partial charge in [0, 0.05) is 13.2 Å². The van der Waals surface area contributed by atoms with Gasteiger partial charge in [-0.1, -0.05) is 18.2 Å². The zero-order chi connectivity index (χ0) is 19.9. The zero-order valence-electron chi connectivity index (χ0n) is 16.3. The molecule has 1 unspecified atom stereocenters. The minimum absolute atomic E-state index is 0.0174. The number of hydrogen-bond donors (Lipinski definition) is 1. The lowest BCUT2D eigenvalue weighted by Crippen LogP contribution is -2.31. The van der Waals surface area contributed by atoms with E-state index in [1.165, 1.54) is 7.11 Å². The second kappa shape index (κ2) is 9.23. The molecule has 7 nitrogen and oxygen atoms in total. The fourth-order valence-electron chi connectivity index (χ4n) is 3.08. The molecular weight excluding hydrogens is 358 g/mol. The summed E-state index contributed by atoms with van der Waals surface area (Å²) < 4.78 is 18.1. The van der Waals surface area contributed by atoms with Crippen molar-refractivity contribution in [2.24, 2.45) is 0 Å². The average Bonchev–Trinajstić information content (AvgIpc) is 3.07. The maximum atomic E-state index is 11.9. The first-order valence-electron chi connectivity index (χ1n) is 9.12. The molecule has 148 valence electrons. The number of nitrogens with one attached hydrogen (secondary N) is 1. The smallest absolute Gasteiger partial charge is 0.246 e. The van der Waals surface area contributed by atoms with E-state index in [4.69, 9.17) is 19.2 Å². The monoisotopic (exact) mass is 383 g/mol. The van der Waals surface area contributed by atoms with E-state index in [0.717, 1.165) is 28.4 Å². The van der Waals surface area contributed by atoms with E-state index < -0.39 is 0 Å². The van der Waals surface area contributed by atoms with Gasteiger partial charge in [0.05, 0.1) is 30.7 Å². The van der Waals surface area contributed by atoms with Crippen LogP contribution in [0.4, 0.5) is 0 Å². The summed E-state index contributed by atoms with van der Waals surface area (Å²) in [6, 6.07) is 15.1. The summed E-state index contributed by atoms with van der Waals surface area (Å²) in [5.41, 5.74) is 1.88. The fraction of sp³-hybridized carbons (Fsp3) is 0.333. The van der Waals surface area contributed by atoms with Crippen LogP contribution in [0.3, 0.4) is 0 Å². The predicted molar refractivity (Wildman–Crippen MR) is 107 cm³/mol. The fourth-order valence-corrected chi connectivity index (χ4v) is 3.08. The Morgan fingerprint density at radius 1 is 1.14 bits per heavy atom. The second-order valence-corrected chi connectivity index (χ2v) is 6.36. The number of hydrogen-bond acceptors (Lipinski definition) is 5. The van der Waals surface area contributed by atoms with Gasteiger partial charge in [0.15, 0.2) is 0 Å². The van der Waals surface area contributed by atoms with E-state index in [1.54, 1.807) is 7.11 Å². The van der Waals surface area contributed by atoms with Crippen molar-refractivity contribution in [1.29, 1.82) is 0 Å². The summed E-state index contributed by atoms with van der Waals surface area (Å²) in [4.78, 5) is 16.6. The molecule has 0 bridgehead atoms. The van der Waals surface area contributed by atoms with E-state index in [9.17, 15) is 4.79 Å². The summed E-state index contributed by atoms with van der Waals surface area (Å²) in [6.07, 6.45) is 0. The third-order valence-electron chi connectivity index (χ3n) is 4.35. The van der Waals surface area contributed by atoms with Crippen molar-refractivity contribution >= 4 is 16.9 Å². The summed E-state index contributed by atoms with van der Waals surface area (Å²) in [7, 11) is 3.12. The van der Waals surface area contributed by atoms with Crippen LogP contribution >= 0.6 is 0 Å². The maximum absolute atomic E-state index is 11.9. The van der Waals surface area contributed by atoms with Gasteiger partial charge in [-0.05, 0) is 31.2 Å². The molecular formula is C21H25N3O4. The maximum Gasteiger partial charge on any atom is 0.246 e. The molecule has 1 N–H and O–H groups in total. The number of para-hydroxylation sites is 2. The zero-order valence-corrected chi connectivity index (χ0v) is 16.3. The van der Waals surface area contributed by atoms with Gasteiger partial charge in [-0.2, -0.15) is 0 Å². The van der Waals surface area contributed by atoms with Gasteiger partial charge in [-0.15, -0.1) is 0 Å². The van der Waals surface area contributed by atoms with Crippen LogP contribution in [0.25, 0.3) is 11.0 Å². The van der Waals surface area contributed by atoms with Gasteiger partial charge in [0.25, 0.3) is 0 Å². The molecule has 0 fully saturated rings. The number of fused-ring (bicyclic) bond motifs is 1. The highest BCUT2D eigenvalue weighted by molar-refractivity contribution is 5.78. The summed E-state index contributed by atoms with van der Waals surface area (Å²) >= 11 is 0. The van der Waals surface area contributed by atoms with Crippen molar-refractivity contribution in [2.75, 3.05) is 27.4 Å². The van der Waals surface area contributed by atoms with Crippen LogP contribution in [0.5, 0.6) is 11.5 Å². The van der Waals surface area contributed by atoms with Gasteiger partial charge < -0.3 is 24.1 Å². The van der Waals surface area contributed by atoms with Crippen molar-refractivity contribution in [1.82, 2.24) is 14.9 Å². The van der Waals surface area contributed by atoms with Gasteiger partial charge in [-0.25, -0.2) is 4.98 Å².